The number of Topliss-reactive ketones (excluding diaryl/α,β-unsaturated/α-hetero) is 1. The van der Waals surface area contributed by atoms with Crippen LogP contribution in [-0.2, 0) is 4.79 Å². The largest absolute Gasteiger partial charge is 0.302 e. The molecule has 1 heterocycles. The highest BCUT2D eigenvalue weighted by molar-refractivity contribution is 5.85. The molecule has 1 saturated heterocycles. The van der Waals surface area contributed by atoms with Gasteiger partial charge in [-0.3, -0.25) is 4.79 Å². The van der Waals surface area contributed by atoms with E-state index in [-0.39, 0.29) is 23.9 Å². The molecule has 2 nitrogen and oxygen atoms in total. The van der Waals surface area contributed by atoms with Crippen molar-refractivity contribution in [1.82, 2.24) is 5.32 Å². The number of piperidine rings is 1. The second kappa shape index (κ2) is 6.29. The third-order valence-electron chi connectivity index (χ3n) is 5.30. The molecule has 2 heteroatoms. The Morgan fingerprint density at radius 1 is 0.739 bits per heavy atom. The maximum absolute atomic E-state index is 12.9. The molecular formula is C21H25NO. The van der Waals surface area contributed by atoms with Crippen molar-refractivity contribution in [3.05, 3.63) is 70.8 Å². The molecule has 1 aliphatic heterocycles. The number of ketones is 1. The van der Waals surface area contributed by atoms with Gasteiger partial charge >= 0.3 is 0 Å². The zero-order valence-electron chi connectivity index (χ0n) is 14.3. The summed E-state index contributed by atoms with van der Waals surface area (Å²) in [7, 11) is 0. The summed E-state index contributed by atoms with van der Waals surface area (Å²) < 4.78 is 0. The third kappa shape index (κ3) is 2.84. The summed E-state index contributed by atoms with van der Waals surface area (Å²) in [5, 5.41) is 3.78. The minimum absolute atomic E-state index is 0.00799. The predicted octanol–water partition coefficient (Wildman–Crippen LogP) is 4.53. The maximum atomic E-state index is 12.9. The van der Waals surface area contributed by atoms with Crippen LogP contribution in [0.15, 0.2) is 48.5 Å². The van der Waals surface area contributed by atoms with Crippen LogP contribution in [0.25, 0.3) is 0 Å². The molecule has 0 amide bonds. The molecule has 0 bridgehead atoms. The van der Waals surface area contributed by atoms with Crippen LogP contribution in [-0.4, -0.2) is 5.78 Å². The average Bonchev–Trinajstić information content (AvgIpc) is 2.55. The normalized spacial score (nSPS) is 27.9. The van der Waals surface area contributed by atoms with E-state index in [9.17, 15) is 4.79 Å². The van der Waals surface area contributed by atoms with E-state index in [0.717, 1.165) is 0 Å². The van der Waals surface area contributed by atoms with Crippen molar-refractivity contribution < 1.29 is 4.79 Å². The number of rotatable bonds is 2. The van der Waals surface area contributed by atoms with Crippen molar-refractivity contribution in [3.8, 4) is 0 Å². The van der Waals surface area contributed by atoms with Gasteiger partial charge in [-0.1, -0.05) is 62.4 Å². The Labute approximate surface area is 138 Å². The fraction of sp³-hybridized carbons (Fsp3) is 0.381. The van der Waals surface area contributed by atoms with Crippen LogP contribution < -0.4 is 5.32 Å². The van der Waals surface area contributed by atoms with Gasteiger partial charge < -0.3 is 5.32 Å². The minimum atomic E-state index is -0.00799. The van der Waals surface area contributed by atoms with Crippen molar-refractivity contribution in [1.29, 1.82) is 0 Å². The second-order valence-corrected chi connectivity index (χ2v) is 6.81. The molecule has 4 atom stereocenters. The summed E-state index contributed by atoms with van der Waals surface area (Å²) in [6.45, 7) is 8.35. The van der Waals surface area contributed by atoms with E-state index < -0.39 is 0 Å². The van der Waals surface area contributed by atoms with Crippen molar-refractivity contribution in [2.45, 2.75) is 39.8 Å². The van der Waals surface area contributed by atoms with Crippen LogP contribution in [0.2, 0.25) is 0 Å². The smallest absolute Gasteiger partial charge is 0.142 e. The Bertz CT molecular complexity index is 662. The number of hydrogen-bond acceptors (Lipinski definition) is 2. The van der Waals surface area contributed by atoms with Crippen LogP contribution in [0.1, 0.15) is 48.2 Å². The Balaban J connectivity index is 2.02. The molecule has 0 unspecified atom stereocenters. The summed E-state index contributed by atoms with van der Waals surface area (Å²) in [5.41, 5.74) is 4.95. The number of carbonyl (C=O) groups is 1. The molecule has 0 aliphatic carbocycles. The first kappa shape index (κ1) is 15.9. The van der Waals surface area contributed by atoms with Gasteiger partial charge in [-0.25, -0.2) is 0 Å². The summed E-state index contributed by atoms with van der Waals surface area (Å²) in [6.07, 6.45) is 0. The molecule has 0 spiro atoms. The molecule has 2 aromatic rings. The topological polar surface area (TPSA) is 29.1 Å². The lowest BCUT2D eigenvalue weighted by Crippen LogP contribution is -2.46. The Morgan fingerprint density at radius 3 is 1.52 bits per heavy atom. The second-order valence-electron chi connectivity index (χ2n) is 6.81. The first-order valence-corrected chi connectivity index (χ1v) is 8.41. The van der Waals surface area contributed by atoms with Gasteiger partial charge in [-0.05, 0) is 36.1 Å². The monoisotopic (exact) mass is 307 g/mol. The van der Waals surface area contributed by atoms with Crippen LogP contribution in [0.4, 0.5) is 0 Å². The van der Waals surface area contributed by atoms with Gasteiger partial charge in [0.05, 0.1) is 0 Å². The number of nitrogens with one attached hydrogen (secondary N) is 1. The van der Waals surface area contributed by atoms with Gasteiger partial charge in [0, 0.05) is 23.9 Å². The molecule has 2 aromatic carbocycles. The van der Waals surface area contributed by atoms with E-state index in [0.29, 0.717) is 5.78 Å². The Morgan fingerprint density at radius 2 is 1.13 bits per heavy atom. The number of carbonyl (C=O) groups excluding carboxylic acids is 1. The standard InChI is InChI=1S/C21H25NO/c1-13-9-5-7-11-17(13)19-15(3)21(23)16(4)20(22-19)18-12-8-6-10-14(18)2/h5-12,15-16,19-20,22H,1-4H3/t15-,16-,19-,20+/m0/s1. The summed E-state index contributed by atoms with van der Waals surface area (Å²) in [6, 6.07) is 16.9. The molecule has 1 N–H and O–H groups in total. The molecule has 120 valence electrons. The molecule has 1 fully saturated rings. The van der Waals surface area contributed by atoms with E-state index in [2.05, 4.69) is 81.5 Å². The Kier molecular flexibility index (Phi) is 4.36. The molecule has 0 radical (unpaired) electrons. The zero-order chi connectivity index (χ0) is 16.6. The highest BCUT2D eigenvalue weighted by Crippen LogP contribution is 2.39. The first-order valence-electron chi connectivity index (χ1n) is 8.41. The quantitative estimate of drug-likeness (QED) is 0.883. The average molecular weight is 307 g/mol. The van der Waals surface area contributed by atoms with Gasteiger partial charge in [-0.2, -0.15) is 0 Å². The Hall–Kier alpha value is -1.93. The number of aryl methyl sites for hydroxylation is 2. The zero-order valence-corrected chi connectivity index (χ0v) is 14.3. The lowest BCUT2D eigenvalue weighted by Gasteiger charge is -2.40. The highest BCUT2D eigenvalue weighted by Gasteiger charge is 2.40. The SMILES string of the molecule is Cc1ccccc1[C@H]1N[C@@H](c2ccccc2C)[C@H](C)C(=O)[C@H]1C. The molecule has 23 heavy (non-hydrogen) atoms. The fourth-order valence-electron chi connectivity index (χ4n) is 3.82. The summed E-state index contributed by atoms with van der Waals surface area (Å²) in [4.78, 5) is 12.9. The maximum Gasteiger partial charge on any atom is 0.142 e. The van der Waals surface area contributed by atoms with Crippen LogP contribution in [0, 0.1) is 25.7 Å². The van der Waals surface area contributed by atoms with Gasteiger partial charge in [0.15, 0.2) is 0 Å². The van der Waals surface area contributed by atoms with E-state index in [4.69, 9.17) is 0 Å². The fourth-order valence-corrected chi connectivity index (χ4v) is 3.82. The molecule has 0 saturated carbocycles. The predicted molar refractivity (Wildman–Crippen MR) is 94.3 cm³/mol. The molecule has 1 aliphatic rings. The molecular weight excluding hydrogens is 282 g/mol. The van der Waals surface area contributed by atoms with Crippen molar-refractivity contribution in [2.75, 3.05) is 0 Å². The van der Waals surface area contributed by atoms with Gasteiger partial charge in [0.25, 0.3) is 0 Å². The number of benzene rings is 2. The van der Waals surface area contributed by atoms with Crippen LogP contribution in [0.5, 0.6) is 0 Å². The van der Waals surface area contributed by atoms with Crippen molar-refractivity contribution >= 4 is 5.78 Å². The van der Waals surface area contributed by atoms with E-state index in [1.54, 1.807) is 0 Å². The van der Waals surface area contributed by atoms with Gasteiger partial charge in [-0.15, -0.1) is 0 Å². The van der Waals surface area contributed by atoms with E-state index >= 15 is 0 Å². The summed E-state index contributed by atoms with van der Waals surface area (Å²) in [5.74, 6) is 0.336. The van der Waals surface area contributed by atoms with E-state index in [1.165, 1.54) is 22.3 Å². The minimum Gasteiger partial charge on any atom is -0.302 e. The molecule has 3 rings (SSSR count). The first-order chi connectivity index (χ1) is 11.0. The van der Waals surface area contributed by atoms with E-state index in [1.807, 2.05) is 0 Å². The lowest BCUT2D eigenvalue weighted by molar-refractivity contribution is -0.130. The molecule has 0 aromatic heterocycles. The van der Waals surface area contributed by atoms with Gasteiger partial charge in [0.1, 0.15) is 5.78 Å². The van der Waals surface area contributed by atoms with Gasteiger partial charge in [0.2, 0.25) is 0 Å². The third-order valence-corrected chi connectivity index (χ3v) is 5.30. The number of hydrogen-bond donors (Lipinski definition) is 1. The summed E-state index contributed by atoms with van der Waals surface area (Å²) >= 11 is 0. The lowest BCUT2D eigenvalue weighted by atomic mass is 9.75. The van der Waals surface area contributed by atoms with Crippen molar-refractivity contribution in [3.63, 3.8) is 0 Å². The van der Waals surface area contributed by atoms with Crippen LogP contribution in [0.3, 0.4) is 0 Å². The highest BCUT2D eigenvalue weighted by atomic mass is 16.1. The van der Waals surface area contributed by atoms with Crippen LogP contribution >= 0.6 is 0 Å². The van der Waals surface area contributed by atoms with Crippen molar-refractivity contribution in [2.24, 2.45) is 11.8 Å².